The van der Waals surface area contributed by atoms with Crippen molar-refractivity contribution in [2.45, 2.75) is 57.9 Å². The number of benzene rings is 4. The van der Waals surface area contributed by atoms with Crippen LogP contribution in [0.3, 0.4) is 0 Å². The molecule has 0 atom stereocenters. The third-order valence-corrected chi connectivity index (χ3v) is 8.05. The Balaban J connectivity index is 1.60. The summed E-state index contributed by atoms with van der Waals surface area (Å²) in [6.45, 7) is 2.10. The maximum absolute atomic E-state index is 6.27. The van der Waals surface area contributed by atoms with Crippen molar-refractivity contribution in [2.24, 2.45) is 4.99 Å². The fourth-order valence-corrected chi connectivity index (χ4v) is 5.78. The first-order valence-electron chi connectivity index (χ1n) is 13.8. The molecular formula is C33H32Cl2N4. The number of anilines is 2. The predicted octanol–water partition coefficient (Wildman–Crippen LogP) is 9.50. The molecule has 0 amide bonds. The first-order chi connectivity index (χ1) is 19.0. The molecule has 6 rings (SSSR count). The van der Waals surface area contributed by atoms with Crippen LogP contribution in [0.15, 0.2) is 83.9 Å². The molecule has 3 aliphatic rings. The lowest BCUT2D eigenvalue weighted by Gasteiger charge is -2.21. The quantitative estimate of drug-likeness (QED) is 0.225. The van der Waals surface area contributed by atoms with E-state index in [2.05, 4.69) is 59.3 Å². The molecule has 0 unspecified atom stereocenters. The van der Waals surface area contributed by atoms with Crippen LogP contribution < -0.4 is 10.7 Å². The van der Waals surface area contributed by atoms with Gasteiger partial charge in [-0.3, -0.25) is 4.99 Å². The zero-order valence-electron chi connectivity index (χ0n) is 22.1. The molecule has 0 aromatic heterocycles. The van der Waals surface area contributed by atoms with Gasteiger partial charge in [-0.25, -0.2) is 4.98 Å². The van der Waals surface area contributed by atoms with E-state index in [1.54, 1.807) is 0 Å². The van der Waals surface area contributed by atoms with E-state index in [-0.39, 0.29) is 0 Å². The predicted molar refractivity (Wildman–Crippen MR) is 164 cm³/mol. The van der Waals surface area contributed by atoms with Crippen LogP contribution in [0.1, 0.15) is 50.5 Å². The molecule has 39 heavy (non-hydrogen) atoms. The Morgan fingerprint density at radius 2 is 1.46 bits per heavy atom. The van der Waals surface area contributed by atoms with Crippen LogP contribution in [-0.2, 0) is 0 Å². The number of hydrogen-bond acceptors (Lipinski definition) is 3. The van der Waals surface area contributed by atoms with Gasteiger partial charge in [-0.1, -0.05) is 61.4 Å². The van der Waals surface area contributed by atoms with Gasteiger partial charge < -0.3 is 9.88 Å². The SMILES string of the molecule is Cc1ccc2c(c1)nc1cc(Nc3ccc(Cl)cc3)c(=NC3CCCCCCC3)cc-1n2-c1ccc(Cl)cc1. The topological polar surface area (TPSA) is 42.2 Å². The second-order valence-electron chi connectivity index (χ2n) is 10.5. The molecule has 1 saturated carbocycles. The van der Waals surface area contributed by atoms with Gasteiger partial charge in [-0.2, -0.15) is 0 Å². The third kappa shape index (κ3) is 5.83. The number of aromatic nitrogens is 2. The first kappa shape index (κ1) is 25.9. The Morgan fingerprint density at radius 1 is 0.795 bits per heavy atom. The minimum Gasteiger partial charge on any atom is -0.354 e. The molecule has 0 radical (unpaired) electrons. The van der Waals surface area contributed by atoms with Crippen LogP contribution >= 0.6 is 23.2 Å². The number of rotatable bonds is 4. The molecule has 0 bridgehead atoms. The van der Waals surface area contributed by atoms with Crippen LogP contribution in [0.25, 0.3) is 28.1 Å². The molecule has 4 nitrogen and oxygen atoms in total. The highest BCUT2D eigenvalue weighted by Crippen LogP contribution is 2.32. The average Bonchev–Trinajstić information content (AvgIpc) is 2.91. The third-order valence-electron chi connectivity index (χ3n) is 7.55. The van der Waals surface area contributed by atoms with Gasteiger partial charge in [0.2, 0.25) is 0 Å². The normalized spacial score (nSPS) is 15.4. The van der Waals surface area contributed by atoms with Gasteiger partial charge in [0.15, 0.2) is 0 Å². The fraction of sp³-hybridized carbons (Fsp3) is 0.273. The summed E-state index contributed by atoms with van der Waals surface area (Å²) in [4.78, 5) is 10.5. The molecule has 6 heteroatoms. The number of halogens is 2. The van der Waals surface area contributed by atoms with E-state index in [1.807, 2.05) is 36.4 Å². The molecule has 0 saturated heterocycles. The first-order valence-corrected chi connectivity index (χ1v) is 14.6. The summed E-state index contributed by atoms with van der Waals surface area (Å²) in [6.07, 6.45) is 8.66. The van der Waals surface area contributed by atoms with Gasteiger partial charge in [0, 0.05) is 21.4 Å². The van der Waals surface area contributed by atoms with E-state index in [0.29, 0.717) is 16.1 Å². The summed E-state index contributed by atoms with van der Waals surface area (Å²) in [5.74, 6) is 0. The minimum atomic E-state index is 0.313. The van der Waals surface area contributed by atoms with Crippen molar-refractivity contribution in [1.29, 1.82) is 0 Å². The Kier molecular flexibility index (Phi) is 7.58. The molecule has 3 aromatic rings. The standard InChI is InChI=1S/C33H32Cl2N4/c1-22-9-18-32-30(19-22)38-31-20-28(37-26-14-10-23(34)11-15-26)29(36-25-7-5-3-2-4-6-8-25)21-33(31)39(32)27-16-12-24(35)13-17-27/h9-21,25,37H,2-8H2,1H3. The Bertz CT molecular complexity index is 1630. The number of aryl methyl sites for hydroxylation is 1. The van der Waals surface area contributed by atoms with E-state index in [1.165, 1.54) is 37.7 Å². The van der Waals surface area contributed by atoms with Crippen molar-refractivity contribution < 1.29 is 0 Å². The molecule has 1 aliphatic heterocycles. The lowest BCUT2D eigenvalue weighted by molar-refractivity contribution is 0.450. The van der Waals surface area contributed by atoms with Gasteiger partial charge in [-0.15, -0.1) is 0 Å². The Morgan fingerprint density at radius 3 is 2.18 bits per heavy atom. The van der Waals surface area contributed by atoms with Crippen molar-refractivity contribution in [3.05, 3.63) is 99.8 Å². The Labute approximate surface area is 239 Å². The van der Waals surface area contributed by atoms with Crippen LogP contribution in [0, 0.1) is 6.92 Å². The number of nitrogens with zero attached hydrogens (tertiary/aromatic N) is 3. The number of nitrogens with one attached hydrogen (secondary N) is 1. The summed E-state index contributed by atoms with van der Waals surface area (Å²) < 4.78 is 2.27. The van der Waals surface area contributed by atoms with E-state index < -0.39 is 0 Å². The van der Waals surface area contributed by atoms with E-state index >= 15 is 0 Å². The van der Waals surface area contributed by atoms with Crippen LogP contribution in [0.5, 0.6) is 0 Å². The zero-order chi connectivity index (χ0) is 26.8. The lowest BCUT2D eigenvalue weighted by atomic mass is 9.97. The number of hydrogen-bond donors (Lipinski definition) is 1. The number of fused-ring (bicyclic) bond motifs is 2. The molecule has 1 heterocycles. The van der Waals surface area contributed by atoms with E-state index in [9.17, 15) is 0 Å². The fourth-order valence-electron chi connectivity index (χ4n) is 5.53. The maximum Gasteiger partial charge on any atom is 0.0900 e. The van der Waals surface area contributed by atoms with Crippen molar-refractivity contribution in [3.63, 3.8) is 0 Å². The molecular weight excluding hydrogens is 523 g/mol. The van der Waals surface area contributed by atoms with Crippen LogP contribution in [0.4, 0.5) is 11.4 Å². The highest BCUT2D eigenvalue weighted by atomic mass is 35.5. The molecule has 3 aromatic carbocycles. The van der Waals surface area contributed by atoms with Crippen molar-refractivity contribution in [3.8, 4) is 17.1 Å². The minimum absolute atomic E-state index is 0.313. The summed E-state index contributed by atoms with van der Waals surface area (Å²) in [7, 11) is 0. The second kappa shape index (κ2) is 11.4. The van der Waals surface area contributed by atoms with Crippen LogP contribution in [-0.4, -0.2) is 15.6 Å². The van der Waals surface area contributed by atoms with Gasteiger partial charge in [0.05, 0.1) is 39.5 Å². The van der Waals surface area contributed by atoms with Crippen LogP contribution in [0.2, 0.25) is 10.0 Å². The van der Waals surface area contributed by atoms with Gasteiger partial charge in [0.25, 0.3) is 0 Å². The van der Waals surface area contributed by atoms with E-state index in [4.69, 9.17) is 33.2 Å². The monoisotopic (exact) mass is 554 g/mol. The summed E-state index contributed by atoms with van der Waals surface area (Å²) >= 11 is 12.4. The van der Waals surface area contributed by atoms with E-state index in [0.717, 1.165) is 57.7 Å². The summed E-state index contributed by atoms with van der Waals surface area (Å²) in [5.41, 5.74) is 8.04. The van der Waals surface area contributed by atoms with Gasteiger partial charge >= 0.3 is 0 Å². The smallest absolute Gasteiger partial charge is 0.0900 e. The van der Waals surface area contributed by atoms with Gasteiger partial charge in [0.1, 0.15) is 0 Å². The highest BCUT2D eigenvalue weighted by molar-refractivity contribution is 6.30. The maximum atomic E-state index is 6.27. The molecule has 1 N–H and O–H groups in total. The van der Waals surface area contributed by atoms with Gasteiger partial charge in [-0.05, 0) is 98.1 Å². The largest absolute Gasteiger partial charge is 0.354 e. The highest BCUT2D eigenvalue weighted by Gasteiger charge is 2.18. The second-order valence-corrected chi connectivity index (χ2v) is 11.4. The van der Waals surface area contributed by atoms with Crippen molar-refractivity contribution in [2.75, 3.05) is 5.32 Å². The van der Waals surface area contributed by atoms with Crippen molar-refractivity contribution in [1.82, 2.24) is 9.55 Å². The molecule has 0 spiro atoms. The summed E-state index contributed by atoms with van der Waals surface area (Å²) in [5, 5.41) is 6.00. The zero-order valence-corrected chi connectivity index (χ0v) is 23.6. The summed E-state index contributed by atoms with van der Waals surface area (Å²) in [6, 6.07) is 26.9. The molecule has 198 valence electrons. The average molecular weight is 556 g/mol. The lowest BCUT2D eigenvalue weighted by Crippen LogP contribution is -2.19. The molecule has 1 fully saturated rings. The molecule has 2 aliphatic carbocycles. The Hall–Kier alpha value is -3.34. The van der Waals surface area contributed by atoms with Crippen molar-refractivity contribution >= 4 is 45.6 Å².